The lowest BCUT2D eigenvalue weighted by Crippen LogP contribution is -2.55. The first-order valence-corrected chi connectivity index (χ1v) is 9.14. The topological polar surface area (TPSA) is 64.7 Å². The van der Waals surface area contributed by atoms with Gasteiger partial charge in [-0.05, 0) is 32.3 Å². The molecule has 0 spiro atoms. The van der Waals surface area contributed by atoms with Crippen LogP contribution >= 0.6 is 0 Å². The minimum Gasteiger partial charge on any atom is -0.335 e. The van der Waals surface area contributed by atoms with Gasteiger partial charge in [0.25, 0.3) is 0 Å². The van der Waals surface area contributed by atoms with Crippen LogP contribution in [-0.2, 0) is 11.3 Å². The fraction of sp³-hybridized carbons (Fsp3) is 0.579. The molecule has 6 heteroatoms. The number of carbonyl (C=O) groups is 2. The quantitative estimate of drug-likeness (QED) is 0.849. The largest absolute Gasteiger partial charge is 0.335 e. The first-order chi connectivity index (χ1) is 12.0. The van der Waals surface area contributed by atoms with Crippen molar-refractivity contribution in [2.24, 2.45) is 0 Å². The maximum atomic E-state index is 12.2. The van der Waals surface area contributed by atoms with E-state index in [-0.39, 0.29) is 24.0 Å². The molecule has 1 unspecified atom stereocenters. The van der Waals surface area contributed by atoms with E-state index in [1.807, 2.05) is 6.92 Å². The number of imide groups is 1. The number of aryl methyl sites for hydroxylation is 1. The monoisotopic (exact) mass is 344 g/mol. The summed E-state index contributed by atoms with van der Waals surface area (Å²) >= 11 is 0. The third-order valence-electron chi connectivity index (χ3n) is 4.97. The molecule has 0 bridgehead atoms. The van der Waals surface area contributed by atoms with Gasteiger partial charge in [-0.25, -0.2) is 4.79 Å². The zero-order chi connectivity index (χ0) is 17.8. The Balaban J connectivity index is 1.42. The van der Waals surface area contributed by atoms with Crippen LogP contribution in [0.1, 0.15) is 30.9 Å². The van der Waals surface area contributed by atoms with Crippen molar-refractivity contribution in [1.29, 1.82) is 0 Å². The van der Waals surface area contributed by atoms with Crippen molar-refractivity contribution in [3.8, 4) is 0 Å². The van der Waals surface area contributed by atoms with Crippen LogP contribution in [0, 0.1) is 6.92 Å². The average Bonchev–Trinajstić information content (AvgIpc) is 3.38. The molecule has 1 atom stereocenters. The van der Waals surface area contributed by atoms with Gasteiger partial charge in [-0.2, -0.15) is 0 Å². The Morgan fingerprint density at radius 2 is 1.92 bits per heavy atom. The number of amides is 3. The van der Waals surface area contributed by atoms with Crippen molar-refractivity contribution in [3.63, 3.8) is 0 Å². The highest BCUT2D eigenvalue weighted by Crippen LogP contribution is 2.18. The average molecular weight is 344 g/mol. The Morgan fingerprint density at radius 3 is 2.56 bits per heavy atom. The number of piperazine rings is 1. The third-order valence-corrected chi connectivity index (χ3v) is 4.97. The van der Waals surface area contributed by atoms with Crippen LogP contribution in [0.2, 0.25) is 0 Å². The zero-order valence-corrected chi connectivity index (χ0v) is 15.1. The molecule has 136 valence electrons. The van der Waals surface area contributed by atoms with Crippen molar-refractivity contribution in [2.75, 3.05) is 26.2 Å². The van der Waals surface area contributed by atoms with Crippen LogP contribution in [0.25, 0.3) is 0 Å². The molecule has 2 N–H and O–H groups in total. The maximum Gasteiger partial charge on any atom is 0.321 e. The molecule has 1 heterocycles. The summed E-state index contributed by atoms with van der Waals surface area (Å²) in [5.41, 5.74) is 2.61. The van der Waals surface area contributed by atoms with Gasteiger partial charge >= 0.3 is 6.03 Å². The molecular formula is C19H28N4O2. The molecule has 3 rings (SSSR count). The first kappa shape index (κ1) is 17.9. The molecule has 1 aliphatic heterocycles. The number of hydrogen-bond acceptors (Lipinski definition) is 4. The summed E-state index contributed by atoms with van der Waals surface area (Å²) in [7, 11) is 0. The highest BCUT2D eigenvalue weighted by Gasteiger charge is 2.28. The second-order valence-corrected chi connectivity index (χ2v) is 7.21. The smallest absolute Gasteiger partial charge is 0.321 e. The van der Waals surface area contributed by atoms with E-state index in [9.17, 15) is 9.59 Å². The van der Waals surface area contributed by atoms with Gasteiger partial charge in [0, 0.05) is 38.8 Å². The molecule has 1 aliphatic carbocycles. The number of rotatable bonds is 5. The molecule has 6 nitrogen and oxygen atoms in total. The molecule has 2 fully saturated rings. The van der Waals surface area contributed by atoms with Crippen molar-refractivity contribution in [3.05, 3.63) is 35.4 Å². The van der Waals surface area contributed by atoms with Gasteiger partial charge < -0.3 is 5.32 Å². The van der Waals surface area contributed by atoms with E-state index >= 15 is 0 Å². The van der Waals surface area contributed by atoms with Crippen LogP contribution in [0.4, 0.5) is 4.79 Å². The van der Waals surface area contributed by atoms with Crippen LogP contribution in [0.3, 0.4) is 0 Å². The summed E-state index contributed by atoms with van der Waals surface area (Å²) < 4.78 is 0. The van der Waals surface area contributed by atoms with Crippen molar-refractivity contribution < 1.29 is 9.59 Å². The van der Waals surface area contributed by atoms with E-state index in [2.05, 4.69) is 51.6 Å². The van der Waals surface area contributed by atoms with Gasteiger partial charge in [-0.1, -0.05) is 29.8 Å². The van der Waals surface area contributed by atoms with E-state index < -0.39 is 0 Å². The predicted molar refractivity (Wildman–Crippen MR) is 97.2 cm³/mol. The van der Waals surface area contributed by atoms with Gasteiger partial charge in [0.15, 0.2) is 0 Å². The van der Waals surface area contributed by atoms with E-state index in [0.29, 0.717) is 0 Å². The summed E-state index contributed by atoms with van der Waals surface area (Å²) in [6, 6.07) is 8.20. The number of nitrogens with zero attached hydrogens (tertiary/aromatic N) is 2. The second kappa shape index (κ2) is 7.97. The van der Waals surface area contributed by atoms with Crippen molar-refractivity contribution >= 4 is 11.9 Å². The first-order valence-electron chi connectivity index (χ1n) is 9.14. The summed E-state index contributed by atoms with van der Waals surface area (Å²) in [5.74, 6) is -0.217. The number of urea groups is 1. The number of carbonyl (C=O) groups excluding carboxylic acids is 2. The van der Waals surface area contributed by atoms with Gasteiger partial charge in [-0.3, -0.25) is 19.9 Å². The lowest BCUT2D eigenvalue weighted by atomic mass is 10.1. The molecule has 0 aromatic heterocycles. The van der Waals surface area contributed by atoms with Crippen molar-refractivity contribution in [2.45, 2.75) is 45.3 Å². The summed E-state index contributed by atoms with van der Waals surface area (Å²) in [6.07, 6.45) is 2.03. The molecule has 3 amide bonds. The maximum absolute atomic E-state index is 12.2. The van der Waals surface area contributed by atoms with Crippen LogP contribution in [0.15, 0.2) is 24.3 Å². The third kappa shape index (κ3) is 5.28. The van der Waals surface area contributed by atoms with Crippen molar-refractivity contribution in [1.82, 2.24) is 20.4 Å². The second-order valence-electron chi connectivity index (χ2n) is 7.21. The predicted octanol–water partition coefficient (Wildman–Crippen LogP) is 1.49. The molecular weight excluding hydrogens is 316 g/mol. The molecule has 1 saturated heterocycles. The van der Waals surface area contributed by atoms with E-state index in [0.717, 1.165) is 45.6 Å². The molecule has 1 saturated carbocycles. The Labute approximate surface area is 149 Å². The minimum atomic E-state index is -0.363. The van der Waals surface area contributed by atoms with Gasteiger partial charge in [0.1, 0.15) is 0 Å². The van der Waals surface area contributed by atoms with Crippen LogP contribution in [0.5, 0.6) is 0 Å². The highest BCUT2D eigenvalue weighted by molar-refractivity contribution is 5.97. The number of nitrogens with one attached hydrogen (secondary N) is 2. The van der Waals surface area contributed by atoms with E-state index in [1.54, 1.807) is 0 Å². The molecule has 1 aromatic carbocycles. The zero-order valence-electron chi connectivity index (χ0n) is 15.1. The van der Waals surface area contributed by atoms with Crippen LogP contribution < -0.4 is 10.6 Å². The Bertz CT molecular complexity index is 622. The van der Waals surface area contributed by atoms with Gasteiger partial charge in [0.2, 0.25) is 5.91 Å². The fourth-order valence-electron chi connectivity index (χ4n) is 3.21. The van der Waals surface area contributed by atoms with Crippen LogP contribution in [-0.4, -0.2) is 60.0 Å². The Morgan fingerprint density at radius 1 is 1.20 bits per heavy atom. The lowest BCUT2D eigenvalue weighted by molar-refractivity contribution is -0.125. The van der Waals surface area contributed by atoms with E-state index in [4.69, 9.17) is 0 Å². The normalized spacial score (nSPS) is 20.1. The Kier molecular flexibility index (Phi) is 5.71. The summed E-state index contributed by atoms with van der Waals surface area (Å²) in [5, 5.41) is 5.25. The molecule has 1 aromatic rings. The molecule has 25 heavy (non-hydrogen) atoms. The summed E-state index contributed by atoms with van der Waals surface area (Å²) in [6.45, 7) is 8.46. The molecule has 0 radical (unpaired) electrons. The number of benzene rings is 1. The Hall–Kier alpha value is -1.92. The minimum absolute atomic E-state index is 0.217. The standard InChI is InChI=1S/C19H28N4O2/c1-14-4-3-5-16(12-14)13-22-8-10-23(11-9-22)15(2)18(24)21-19(25)20-17-6-7-17/h3-5,12,15,17H,6-11,13H2,1-2H3,(H2,20,21,24,25). The SMILES string of the molecule is Cc1cccc(CN2CCN(C(C)C(=O)NC(=O)NC3CC3)CC2)c1. The fourth-order valence-corrected chi connectivity index (χ4v) is 3.21. The van der Waals surface area contributed by atoms with E-state index in [1.165, 1.54) is 11.1 Å². The lowest BCUT2D eigenvalue weighted by Gasteiger charge is -2.37. The van der Waals surface area contributed by atoms with Gasteiger partial charge in [-0.15, -0.1) is 0 Å². The highest BCUT2D eigenvalue weighted by atomic mass is 16.2. The van der Waals surface area contributed by atoms with Gasteiger partial charge in [0.05, 0.1) is 6.04 Å². The number of hydrogen-bond donors (Lipinski definition) is 2. The summed E-state index contributed by atoms with van der Waals surface area (Å²) in [4.78, 5) is 28.5. The molecule has 2 aliphatic rings.